The van der Waals surface area contributed by atoms with Crippen molar-refractivity contribution in [2.75, 3.05) is 33.2 Å². The number of piperazine rings is 1. The van der Waals surface area contributed by atoms with E-state index in [1.54, 1.807) is 0 Å². The molecule has 0 radical (unpaired) electrons. The Morgan fingerprint density at radius 3 is 2.29 bits per heavy atom. The molecule has 1 unspecified atom stereocenters. The van der Waals surface area contributed by atoms with Crippen LogP contribution in [0.3, 0.4) is 0 Å². The molecule has 0 N–H and O–H groups in total. The van der Waals surface area contributed by atoms with Crippen molar-refractivity contribution in [3.8, 4) is 6.07 Å². The fraction of sp³-hybridized carbons (Fsp3) is 0.909. The SMILES string of the molecule is CCCC(C)(C#N)N1CCN(C)CC1. The van der Waals surface area contributed by atoms with E-state index in [0.29, 0.717) is 0 Å². The number of likely N-dealkylation sites (N-methyl/N-ethyl adjacent to an activating group) is 1. The van der Waals surface area contributed by atoms with Gasteiger partial charge in [-0.15, -0.1) is 0 Å². The van der Waals surface area contributed by atoms with E-state index in [4.69, 9.17) is 0 Å². The molecule has 1 rings (SSSR count). The van der Waals surface area contributed by atoms with Gasteiger partial charge in [0.15, 0.2) is 0 Å². The first-order valence-electron chi connectivity index (χ1n) is 5.47. The zero-order valence-electron chi connectivity index (χ0n) is 9.58. The van der Waals surface area contributed by atoms with Crippen molar-refractivity contribution in [3.05, 3.63) is 0 Å². The van der Waals surface area contributed by atoms with Gasteiger partial charge in [-0.25, -0.2) is 0 Å². The molecular formula is C11H21N3. The third-order valence-electron chi connectivity index (χ3n) is 3.18. The molecule has 0 aliphatic carbocycles. The Balaban J connectivity index is 2.58. The van der Waals surface area contributed by atoms with Crippen LogP contribution < -0.4 is 0 Å². The lowest BCUT2D eigenvalue weighted by molar-refractivity contribution is 0.0780. The smallest absolute Gasteiger partial charge is 0.106 e. The maximum absolute atomic E-state index is 9.23. The van der Waals surface area contributed by atoms with E-state index in [2.05, 4.69) is 36.8 Å². The van der Waals surface area contributed by atoms with Crippen LogP contribution in [0.1, 0.15) is 26.7 Å². The molecule has 3 heteroatoms. The van der Waals surface area contributed by atoms with Crippen molar-refractivity contribution in [1.82, 2.24) is 9.80 Å². The second-order valence-corrected chi connectivity index (χ2v) is 4.43. The van der Waals surface area contributed by atoms with Crippen molar-refractivity contribution in [3.63, 3.8) is 0 Å². The lowest BCUT2D eigenvalue weighted by Gasteiger charge is -2.41. The Bertz CT molecular complexity index is 213. The van der Waals surface area contributed by atoms with Gasteiger partial charge in [0.25, 0.3) is 0 Å². The Morgan fingerprint density at radius 2 is 1.86 bits per heavy atom. The number of nitrogens with zero attached hydrogens (tertiary/aromatic N) is 3. The highest BCUT2D eigenvalue weighted by molar-refractivity contribution is 5.05. The molecule has 1 aliphatic heterocycles. The summed E-state index contributed by atoms with van der Waals surface area (Å²) in [5.74, 6) is 0. The summed E-state index contributed by atoms with van der Waals surface area (Å²) in [6.45, 7) is 8.44. The minimum Gasteiger partial charge on any atom is -0.304 e. The van der Waals surface area contributed by atoms with E-state index in [9.17, 15) is 5.26 Å². The molecule has 0 aromatic carbocycles. The highest BCUT2D eigenvalue weighted by atomic mass is 15.3. The fourth-order valence-corrected chi connectivity index (χ4v) is 2.07. The zero-order chi connectivity index (χ0) is 10.6. The maximum Gasteiger partial charge on any atom is 0.106 e. The summed E-state index contributed by atoms with van der Waals surface area (Å²) in [5.41, 5.74) is -0.240. The Labute approximate surface area is 87.3 Å². The van der Waals surface area contributed by atoms with Gasteiger partial charge in [0.2, 0.25) is 0 Å². The van der Waals surface area contributed by atoms with Crippen LogP contribution in [-0.2, 0) is 0 Å². The van der Waals surface area contributed by atoms with Gasteiger partial charge in [-0.05, 0) is 20.4 Å². The highest BCUT2D eigenvalue weighted by Crippen LogP contribution is 2.21. The monoisotopic (exact) mass is 195 g/mol. The third-order valence-corrected chi connectivity index (χ3v) is 3.18. The van der Waals surface area contributed by atoms with E-state index in [1.807, 2.05) is 0 Å². The van der Waals surface area contributed by atoms with Crippen LogP contribution in [0.25, 0.3) is 0 Å². The molecule has 14 heavy (non-hydrogen) atoms. The van der Waals surface area contributed by atoms with Gasteiger partial charge < -0.3 is 4.90 Å². The molecule has 0 spiro atoms. The van der Waals surface area contributed by atoms with Gasteiger partial charge in [-0.3, -0.25) is 4.90 Å². The molecule has 1 atom stereocenters. The average Bonchev–Trinajstić information content (AvgIpc) is 2.19. The number of hydrogen-bond donors (Lipinski definition) is 0. The topological polar surface area (TPSA) is 30.3 Å². The summed E-state index contributed by atoms with van der Waals surface area (Å²) in [6.07, 6.45) is 2.06. The molecule has 0 saturated carbocycles. The van der Waals surface area contributed by atoms with E-state index < -0.39 is 0 Å². The van der Waals surface area contributed by atoms with Gasteiger partial charge in [0.1, 0.15) is 5.54 Å². The van der Waals surface area contributed by atoms with Gasteiger partial charge in [-0.2, -0.15) is 5.26 Å². The highest BCUT2D eigenvalue weighted by Gasteiger charge is 2.32. The van der Waals surface area contributed by atoms with Crippen molar-refractivity contribution in [1.29, 1.82) is 5.26 Å². The van der Waals surface area contributed by atoms with Crippen LogP contribution in [0.15, 0.2) is 0 Å². The lowest BCUT2D eigenvalue weighted by atomic mass is 9.95. The maximum atomic E-state index is 9.23. The van der Waals surface area contributed by atoms with E-state index >= 15 is 0 Å². The van der Waals surface area contributed by atoms with Crippen LogP contribution >= 0.6 is 0 Å². The Morgan fingerprint density at radius 1 is 1.29 bits per heavy atom. The first kappa shape index (κ1) is 11.5. The van der Waals surface area contributed by atoms with Crippen LogP contribution in [0, 0.1) is 11.3 Å². The summed E-state index contributed by atoms with van der Waals surface area (Å²) < 4.78 is 0. The lowest BCUT2D eigenvalue weighted by Crippen LogP contribution is -2.54. The molecule has 80 valence electrons. The largest absolute Gasteiger partial charge is 0.304 e. The second kappa shape index (κ2) is 4.77. The summed E-state index contributed by atoms with van der Waals surface area (Å²) >= 11 is 0. The Hall–Kier alpha value is -0.590. The Kier molecular flexibility index (Phi) is 3.91. The molecule has 0 aromatic rings. The first-order valence-corrected chi connectivity index (χ1v) is 5.47. The van der Waals surface area contributed by atoms with Crippen molar-refractivity contribution < 1.29 is 0 Å². The molecule has 1 heterocycles. The summed E-state index contributed by atoms with van der Waals surface area (Å²) in [5, 5.41) is 9.23. The third kappa shape index (κ3) is 2.46. The normalized spacial score (nSPS) is 24.1. The van der Waals surface area contributed by atoms with E-state index in [0.717, 1.165) is 39.0 Å². The van der Waals surface area contributed by atoms with Crippen molar-refractivity contribution >= 4 is 0 Å². The van der Waals surface area contributed by atoms with Gasteiger partial charge >= 0.3 is 0 Å². The number of rotatable bonds is 3. The van der Waals surface area contributed by atoms with Crippen LogP contribution in [0.2, 0.25) is 0 Å². The summed E-state index contributed by atoms with van der Waals surface area (Å²) in [7, 11) is 2.14. The van der Waals surface area contributed by atoms with E-state index in [1.165, 1.54) is 0 Å². The molecular weight excluding hydrogens is 174 g/mol. The van der Waals surface area contributed by atoms with Crippen molar-refractivity contribution in [2.45, 2.75) is 32.2 Å². The predicted molar refractivity (Wildman–Crippen MR) is 58.0 cm³/mol. The molecule has 1 fully saturated rings. The predicted octanol–water partition coefficient (Wildman–Crippen LogP) is 1.32. The van der Waals surface area contributed by atoms with Gasteiger partial charge in [0, 0.05) is 26.2 Å². The average molecular weight is 195 g/mol. The fourth-order valence-electron chi connectivity index (χ4n) is 2.07. The molecule has 1 saturated heterocycles. The molecule has 1 aliphatic rings. The summed E-state index contributed by atoms with van der Waals surface area (Å²) in [4.78, 5) is 4.65. The minimum atomic E-state index is -0.240. The van der Waals surface area contributed by atoms with Gasteiger partial charge in [0.05, 0.1) is 6.07 Å². The van der Waals surface area contributed by atoms with Crippen LogP contribution in [-0.4, -0.2) is 48.6 Å². The van der Waals surface area contributed by atoms with Crippen LogP contribution in [0.5, 0.6) is 0 Å². The minimum absolute atomic E-state index is 0.240. The molecule has 0 amide bonds. The van der Waals surface area contributed by atoms with Crippen molar-refractivity contribution in [2.24, 2.45) is 0 Å². The van der Waals surface area contributed by atoms with E-state index in [-0.39, 0.29) is 5.54 Å². The second-order valence-electron chi connectivity index (χ2n) is 4.43. The van der Waals surface area contributed by atoms with Crippen LogP contribution in [0.4, 0.5) is 0 Å². The number of hydrogen-bond acceptors (Lipinski definition) is 3. The molecule has 0 bridgehead atoms. The quantitative estimate of drug-likeness (QED) is 0.680. The molecule has 0 aromatic heterocycles. The molecule has 3 nitrogen and oxygen atoms in total. The number of nitriles is 1. The van der Waals surface area contributed by atoms with Gasteiger partial charge in [-0.1, -0.05) is 13.3 Å². The summed E-state index contributed by atoms with van der Waals surface area (Å²) in [6, 6.07) is 2.47. The standard InChI is InChI=1S/C11H21N3/c1-4-5-11(2,10-12)14-8-6-13(3)7-9-14/h4-9H2,1-3H3. The zero-order valence-corrected chi connectivity index (χ0v) is 9.58. The first-order chi connectivity index (χ1) is 6.62.